The van der Waals surface area contributed by atoms with Crippen molar-refractivity contribution in [3.63, 3.8) is 0 Å². The predicted octanol–water partition coefficient (Wildman–Crippen LogP) is 4.81. The summed E-state index contributed by atoms with van der Waals surface area (Å²) in [6.45, 7) is 2.13. The van der Waals surface area contributed by atoms with Gasteiger partial charge in [0.15, 0.2) is 0 Å². The fraction of sp³-hybridized carbons (Fsp3) is 0.185. The molecule has 2 aliphatic heterocycles. The van der Waals surface area contributed by atoms with E-state index in [0.29, 0.717) is 60.8 Å². The normalized spacial score (nSPS) is 16.7. The number of imide groups is 1. The third kappa shape index (κ3) is 5.85. The van der Waals surface area contributed by atoms with Crippen molar-refractivity contribution in [2.75, 3.05) is 43.1 Å². The van der Waals surface area contributed by atoms with Gasteiger partial charge in [0.1, 0.15) is 18.1 Å². The molecule has 3 heterocycles. The van der Waals surface area contributed by atoms with E-state index in [1.165, 1.54) is 18.2 Å². The summed E-state index contributed by atoms with van der Waals surface area (Å²) in [5.74, 6) is -1.54. The molecular formula is C27H22ClN3O7S. The second kappa shape index (κ2) is 11.4. The van der Waals surface area contributed by atoms with Gasteiger partial charge in [-0.05, 0) is 48.2 Å². The van der Waals surface area contributed by atoms with E-state index >= 15 is 0 Å². The number of morpholine rings is 1. The number of nitrogens with zero attached hydrogens (tertiary/aromatic N) is 2. The van der Waals surface area contributed by atoms with Crippen LogP contribution in [0.4, 0.5) is 16.2 Å². The highest BCUT2D eigenvalue weighted by atomic mass is 35.5. The number of thioether (sulfide) groups is 1. The lowest BCUT2D eigenvalue weighted by Crippen LogP contribution is -2.38. The van der Waals surface area contributed by atoms with Gasteiger partial charge in [0, 0.05) is 24.7 Å². The summed E-state index contributed by atoms with van der Waals surface area (Å²) in [6, 6.07) is 15.0. The second-order valence-electron chi connectivity index (χ2n) is 8.63. The number of para-hydroxylation sites is 2. The Morgan fingerprint density at radius 1 is 1.08 bits per heavy atom. The lowest BCUT2D eigenvalue weighted by atomic mass is 10.1. The molecule has 200 valence electrons. The molecule has 2 aliphatic rings. The molecule has 0 atom stereocenters. The Morgan fingerprint density at radius 2 is 1.85 bits per heavy atom. The Labute approximate surface area is 232 Å². The molecule has 2 fully saturated rings. The van der Waals surface area contributed by atoms with Crippen molar-refractivity contribution < 1.29 is 33.4 Å². The third-order valence-electron chi connectivity index (χ3n) is 6.09. The number of anilines is 2. The predicted molar refractivity (Wildman–Crippen MR) is 147 cm³/mol. The average Bonchev–Trinajstić information content (AvgIpc) is 3.49. The summed E-state index contributed by atoms with van der Waals surface area (Å²) in [5.41, 5.74) is 1.95. The quantitative estimate of drug-likeness (QED) is 0.386. The standard InChI is InChI=1S/C27H22ClN3O7S/c28-19-13-16(5-7-18(19)26(34)35)22-8-6-17(38-22)14-23-25(33)31(27(36)39-23)15-24(32)29-20-3-1-2-4-21(20)30-9-11-37-12-10-30/h1-8,13-14H,9-12,15H2,(H,29,32)(H,34,35)/b23-14-. The molecule has 10 nitrogen and oxygen atoms in total. The molecule has 1 aromatic heterocycles. The maximum absolute atomic E-state index is 12.9. The first kappa shape index (κ1) is 26.5. The zero-order valence-electron chi connectivity index (χ0n) is 20.4. The van der Waals surface area contributed by atoms with E-state index in [0.717, 1.165) is 10.6 Å². The highest BCUT2D eigenvalue weighted by Crippen LogP contribution is 2.34. The SMILES string of the molecule is O=C(CN1C(=O)S/C(=C\c2ccc(-c3ccc(C(=O)O)c(Cl)c3)o2)C1=O)Nc1ccccc1N1CCOCC1. The van der Waals surface area contributed by atoms with Crippen LogP contribution in [0.2, 0.25) is 5.02 Å². The lowest BCUT2D eigenvalue weighted by molar-refractivity contribution is -0.127. The number of hydrogen-bond donors (Lipinski definition) is 2. The molecule has 5 rings (SSSR count). The van der Waals surface area contributed by atoms with Crippen LogP contribution in [0.15, 0.2) is 63.9 Å². The number of carboxylic acids is 1. The number of nitrogens with one attached hydrogen (secondary N) is 1. The van der Waals surface area contributed by atoms with Crippen LogP contribution < -0.4 is 10.2 Å². The van der Waals surface area contributed by atoms with Gasteiger partial charge in [0.2, 0.25) is 5.91 Å². The molecule has 2 aromatic carbocycles. The molecule has 2 N–H and O–H groups in total. The van der Waals surface area contributed by atoms with Gasteiger partial charge in [-0.25, -0.2) is 4.79 Å². The van der Waals surface area contributed by atoms with Gasteiger partial charge >= 0.3 is 5.97 Å². The minimum absolute atomic E-state index is 0.0329. The minimum atomic E-state index is -1.14. The van der Waals surface area contributed by atoms with Gasteiger partial charge in [-0.1, -0.05) is 29.8 Å². The first-order chi connectivity index (χ1) is 18.8. The third-order valence-corrected chi connectivity index (χ3v) is 7.31. The van der Waals surface area contributed by atoms with Crippen LogP contribution in [0.25, 0.3) is 17.4 Å². The van der Waals surface area contributed by atoms with Crippen molar-refractivity contribution in [2.45, 2.75) is 0 Å². The maximum Gasteiger partial charge on any atom is 0.337 e. The van der Waals surface area contributed by atoms with E-state index in [9.17, 15) is 19.2 Å². The molecule has 0 aliphatic carbocycles. The smallest absolute Gasteiger partial charge is 0.337 e. The van der Waals surface area contributed by atoms with Crippen molar-refractivity contribution >= 4 is 63.8 Å². The van der Waals surface area contributed by atoms with Crippen LogP contribution in [0.1, 0.15) is 16.1 Å². The first-order valence-electron chi connectivity index (χ1n) is 11.9. The molecule has 0 saturated carbocycles. The number of carbonyl (C=O) groups excluding carboxylic acids is 3. The Kier molecular flexibility index (Phi) is 7.73. The van der Waals surface area contributed by atoms with Gasteiger partial charge in [0.25, 0.3) is 11.1 Å². The number of hydrogen-bond acceptors (Lipinski definition) is 8. The second-order valence-corrected chi connectivity index (χ2v) is 10.0. The number of carbonyl (C=O) groups is 4. The van der Waals surface area contributed by atoms with Gasteiger partial charge in [-0.15, -0.1) is 0 Å². The largest absolute Gasteiger partial charge is 0.478 e. The zero-order valence-corrected chi connectivity index (χ0v) is 22.0. The van der Waals surface area contributed by atoms with Crippen LogP contribution in [0.5, 0.6) is 0 Å². The van der Waals surface area contributed by atoms with Crippen molar-refractivity contribution in [3.05, 3.63) is 75.8 Å². The topological polar surface area (TPSA) is 129 Å². The Balaban J connectivity index is 1.26. The number of halogens is 1. The molecule has 3 aromatic rings. The summed E-state index contributed by atoms with van der Waals surface area (Å²) in [4.78, 5) is 52.6. The maximum atomic E-state index is 12.9. The van der Waals surface area contributed by atoms with E-state index in [-0.39, 0.29) is 15.5 Å². The number of furan rings is 1. The lowest BCUT2D eigenvalue weighted by Gasteiger charge is -2.30. The number of rotatable bonds is 7. The zero-order chi connectivity index (χ0) is 27.5. The van der Waals surface area contributed by atoms with E-state index in [4.69, 9.17) is 25.9 Å². The molecule has 3 amide bonds. The first-order valence-corrected chi connectivity index (χ1v) is 13.1. The molecule has 0 radical (unpaired) electrons. The highest BCUT2D eigenvalue weighted by molar-refractivity contribution is 8.18. The summed E-state index contributed by atoms with van der Waals surface area (Å²) in [5, 5.41) is 11.5. The van der Waals surface area contributed by atoms with Crippen LogP contribution in [0, 0.1) is 0 Å². The van der Waals surface area contributed by atoms with E-state index < -0.39 is 29.6 Å². The number of ether oxygens (including phenoxy) is 1. The molecule has 39 heavy (non-hydrogen) atoms. The number of amides is 3. The van der Waals surface area contributed by atoms with Gasteiger partial charge < -0.3 is 24.5 Å². The van der Waals surface area contributed by atoms with Gasteiger partial charge in [-0.3, -0.25) is 19.3 Å². The summed E-state index contributed by atoms with van der Waals surface area (Å²) >= 11 is 6.76. The number of benzene rings is 2. The number of carboxylic acid groups (broad SMARTS) is 1. The van der Waals surface area contributed by atoms with Crippen molar-refractivity contribution in [3.8, 4) is 11.3 Å². The minimum Gasteiger partial charge on any atom is -0.478 e. The molecule has 12 heteroatoms. The molecule has 0 unspecified atom stereocenters. The van der Waals surface area contributed by atoms with Crippen LogP contribution in [-0.4, -0.2) is 65.9 Å². The monoisotopic (exact) mass is 567 g/mol. The fourth-order valence-electron chi connectivity index (χ4n) is 4.19. The molecule has 0 bridgehead atoms. The Hall–Kier alpha value is -4.06. The fourth-order valence-corrected chi connectivity index (χ4v) is 5.27. The average molecular weight is 568 g/mol. The highest BCUT2D eigenvalue weighted by Gasteiger charge is 2.36. The summed E-state index contributed by atoms with van der Waals surface area (Å²) in [7, 11) is 0. The Bertz CT molecular complexity index is 1500. The molecular weight excluding hydrogens is 546 g/mol. The van der Waals surface area contributed by atoms with Crippen LogP contribution >= 0.6 is 23.4 Å². The summed E-state index contributed by atoms with van der Waals surface area (Å²) < 4.78 is 11.2. The summed E-state index contributed by atoms with van der Waals surface area (Å²) in [6.07, 6.45) is 1.42. The van der Waals surface area contributed by atoms with Crippen LogP contribution in [-0.2, 0) is 14.3 Å². The molecule has 2 saturated heterocycles. The molecule has 0 spiro atoms. The number of aromatic carboxylic acids is 1. The van der Waals surface area contributed by atoms with E-state index in [1.807, 2.05) is 12.1 Å². The van der Waals surface area contributed by atoms with E-state index in [2.05, 4.69) is 10.2 Å². The Morgan fingerprint density at radius 3 is 2.59 bits per heavy atom. The van der Waals surface area contributed by atoms with Gasteiger partial charge in [0.05, 0.1) is 40.1 Å². The van der Waals surface area contributed by atoms with Crippen molar-refractivity contribution in [1.29, 1.82) is 0 Å². The van der Waals surface area contributed by atoms with Gasteiger partial charge in [-0.2, -0.15) is 0 Å². The van der Waals surface area contributed by atoms with E-state index in [1.54, 1.807) is 30.3 Å². The van der Waals surface area contributed by atoms with Crippen molar-refractivity contribution in [1.82, 2.24) is 4.90 Å². The van der Waals surface area contributed by atoms with Crippen LogP contribution in [0.3, 0.4) is 0 Å². The van der Waals surface area contributed by atoms with Crippen molar-refractivity contribution in [2.24, 2.45) is 0 Å².